The molecule has 2 aromatic rings. The van der Waals surface area contributed by atoms with Crippen molar-refractivity contribution in [1.29, 1.82) is 0 Å². The summed E-state index contributed by atoms with van der Waals surface area (Å²) in [6.07, 6.45) is 0.261. The van der Waals surface area contributed by atoms with Gasteiger partial charge in [-0.3, -0.25) is 4.79 Å². The van der Waals surface area contributed by atoms with Crippen LogP contribution in [0.4, 0.5) is 0 Å². The number of amides is 1. The van der Waals surface area contributed by atoms with Crippen LogP contribution in [0.2, 0.25) is 0 Å². The maximum absolute atomic E-state index is 12.2. The standard InChI is InChI=1S/C17H21BrN2O3S/c1-4-22-14-6-12(13(18)8-15(14)23-5-2)7-16(21)19-9-17-20-11(3)10-24-17/h6,8,10H,4-5,7,9H2,1-3H3,(H,19,21). The predicted octanol–water partition coefficient (Wildman–Crippen LogP) is 3.87. The highest BCUT2D eigenvalue weighted by Gasteiger charge is 2.13. The normalized spacial score (nSPS) is 10.5. The van der Waals surface area contributed by atoms with Gasteiger partial charge in [0.1, 0.15) is 5.01 Å². The van der Waals surface area contributed by atoms with Crippen molar-refractivity contribution in [3.05, 3.63) is 38.3 Å². The van der Waals surface area contributed by atoms with Crippen LogP contribution in [0.3, 0.4) is 0 Å². The number of nitrogens with zero attached hydrogens (tertiary/aromatic N) is 1. The van der Waals surface area contributed by atoms with E-state index in [1.54, 1.807) is 11.3 Å². The van der Waals surface area contributed by atoms with Crippen LogP contribution in [0.1, 0.15) is 30.1 Å². The summed E-state index contributed by atoms with van der Waals surface area (Å²) in [5, 5.41) is 5.77. The zero-order chi connectivity index (χ0) is 17.5. The molecule has 1 heterocycles. The van der Waals surface area contributed by atoms with Crippen molar-refractivity contribution in [2.75, 3.05) is 13.2 Å². The minimum absolute atomic E-state index is 0.0600. The van der Waals surface area contributed by atoms with Crippen molar-refractivity contribution in [3.63, 3.8) is 0 Å². The number of halogens is 1. The highest BCUT2D eigenvalue weighted by Crippen LogP contribution is 2.34. The molecule has 0 spiro atoms. The first-order valence-corrected chi connectivity index (χ1v) is 9.46. The number of aryl methyl sites for hydroxylation is 1. The molecule has 0 saturated heterocycles. The molecule has 0 aliphatic heterocycles. The number of carbonyl (C=O) groups is 1. The summed E-state index contributed by atoms with van der Waals surface area (Å²) in [5.74, 6) is 1.27. The van der Waals surface area contributed by atoms with E-state index in [1.165, 1.54) is 0 Å². The lowest BCUT2D eigenvalue weighted by Crippen LogP contribution is -2.24. The second kappa shape index (κ2) is 9.03. The monoisotopic (exact) mass is 412 g/mol. The Morgan fingerprint density at radius 2 is 1.92 bits per heavy atom. The fraction of sp³-hybridized carbons (Fsp3) is 0.412. The quantitative estimate of drug-likeness (QED) is 0.714. The molecule has 0 fully saturated rings. The van der Waals surface area contributed by atoms with Crippen LogP contribution in [-0.4, -0.2) is 24.1 Å². The number of thiazole rings is 1. The molecule has 1 amide bonds. The lowest BCUT2D eigenvalue weighted by molar-refractivity contribution is -0.120. The van der Waals surface area contributed by atoms with Gasteiger partial charge >= 0.3 is 0 Å². The third-order valence-corrected chi connectivity index (χ3v) is 4.87. The van der Waals surface area contributed by atoms with E-state index in [2.05, 4.69) is 26.2 Å². The zero-order valence-electron chi connectivity index (χ0n) is 14.0. The third kappa shape index (κ3) is 5.21. The largest absolute Gasteiger partial charge is 0.490 e. The number of ether oxygens (including phenoxy) is 2. The SMILES string of the molecule is CCOc1cc(Br)c(CC(=O)NCc2nc(C)cs2)cc1OCC. The van der Waals surface area contributed by atoms with Gasteiger partial charge in [0.2, 0.25) is 5.91 Å². The average molecular weight is 413 g/mol. The molecule has 0 aliphatic carbocycles. The van der Waals surface area contributed by atoms with Crippen molar-refractivity contribution >= 4 is 33.2 Å². The van der Waals surface area contributed by atoms with E-state index >= 15 is 0 Å². The van der Waals surface area contributed by atoms with E-state index in [4.69, 9.17) is 9.47 Å². The summed E-state index contributed by atoms with van der Waals surface area (Å²) in [5.41, 5.74) is 1.83. The Kier molecular flexibility index (Phi) is 7.05. The van der Waals surface area contributed by atoms with Gasteiger partial charge in [-0.25, -0.2) is 4.98 Å². The Hall–Kier alpha value is -1.60. The lowest BCUT2D eigenvalue weighted by Gasteiger charge is -2.14. The predicted molar refractivity (Wildman–Crippen MR) is 98.9 cm³/mol. The van der Waals surface area contributed by atoms with Gasteiger partial charge in [-0.2, -0.15) is 0 Å². The molecule has 1 aromatic heterocycles. The maximum Gasteiger partial charge on any atom is 0.224 e. The molecule has 7 heteroatoms. The molecule has 0 unspecified atom stereocenters. The summed E-state index contributed by atoms with van der Waals surface area (Å²) in [6, 6.07) is 3.70. The Balaban J connectivity index is 2.04. The summed E-state index contributed by atoms with van der Waals surface area (Å²) in [7, 11) is 0. The van der Waals surface area contributed by atoms with Crippen molar-refractivity contribution < 1.29 is 14.3 Å². The molecule has 0 atom stereocenters. The molecule has 130 valence electrons. The Labute approximate surface area is 154 Å². The first kappa shape index (κ1) is 18.7. The second-order valence-electron chi connectivity index (χ2n) is 5.09. The van der Waals surface area contributed by atoms with Gasteiger partial charge in [0.25, 0.3) is 0 Å². The fourth-order valence-corrected chi connectivity index (χ4v) is 3.32. The lowest BCUT2D eigenvalue weighted by atomic mass is 10.1. The van der Waals surface area contributed by atoms with E-state index < -0.39 is 0 Å². The van der Waals surface area contributed by atoms with Crippen molar-refractivity contribution in [1.82, 2.24) is 10.3 Å². The molecule has 5 nitrogen and oxygen atoms in total. The van der Waals surface area contributed by atoms with Crippen molar-refractivity contribution in [2.45, 2.75) is 33.7 Å². The Bertz CT molecular complexity index is 703. The Morgan fingerprint density at radius 3 is 2.50 bits per heavy atom. The number of rotatable bonds is 8. The molecule has 0 radical (unpaired) electrons. The van der Waals surface area contributed by atoms with Crippen LogP contribution >= 0.6 is 27.3 Å². The molecule has 1 N–H and O–H groups in total. The number of aromatic nitrogens is 1. The molecule has 24 heavy (non-hydrogen) atoms. The number of carbonyl (C=O) groups excluding carboxylic acids is 1. The van der Waals surface area contributed by atoms with Crippen molar-refractivity contribution in [2.24, 2.45) is 0 Å². The van der Waals surface area contributed by atoms with Crippen LogP contribution in [-0.2, 0) is 17.8 Å². The molecule has 0 bridgehead atoms. The summed E-state index contributed by atoms with van der Waals surface area (Å²) in [4.78, 5) is 16.5. The average Bonchev–Trinajstić information content (AvgIpc) is 2.96. The van der Waals surface area contributed by atoms with E-state index in [9.17, 15) is 4.79 Å². The van der Waals surface area contributed by atoms with Crippen LogP contribution in [0.25, 0.3) is 0 Å². The molecule has 0 aliphatic rings. The molecule has 1 aromatic carbocycles. The number of hydrogen-bond donors (Lipinski definition) is 1. The number of benzene rings is 1. The highest BCUT2D eigenvalue weighted by atomic mass is 79.9. The third-order valence-electron chi connectivity index (χ3n) is 3.17. The summed E-state index contributed by atoms with van der Waals surface area (Å²) >= 11 is 5.05. The highest BCUT2D eigenvalue weighted by molar-refractivity contribution is 9.10. The van der Waals surface area contributed by atoms with E-state index in [1.807, 2.05) is 38.3 Å². The first-order chi connectivity index (χ1) is 11.5. The van der Waals surface area contributed by atoms with E-state index in [-0.39, 0.29) is 12.3 Å². The van der Waals surface area contributed by atoms with Gasteiger partial charge in [-0.1, -0.05) is 15.9 Å². The molecule has 0 saturated carbocycles. The second-order valence-corrected chi connectivity index (χ2v) is 6.89. The van der Waals surface area contributed by atoms with Gasteiger partial charge in [0.15, 0.2) is 11.5 Å². The number of hydrogen-bond acceptors (Lipinski definition) is 5. The van der Waals surface area contributed by atoms with Crippen LogP contribution in [0.5, 0.6) is 11.5 Å². The van der Waals surface area contributed by atoms with Gasteiger partial charge in [0.05, 0.1) is 26.2 Å². The summed E-state index contributed by atoms with van der Waals surface area (Å²) < 4.78 is 12.0. The van der Waals surface area contributed by atoms with E-state index in [0.717, 1.165) is 20.7 Å². The van der Waals surface area contributed by atoms with Crippen LogP contribution in [0, 0.1) is 6.92 Å². The van der Waals surface area contributed by atoms with Gasteiger partial charge < -0.3 is 14.8 Å². The fourth-order valence-electron chi connectivity index (χ4n) is 2.14. The van der Waals surface area contributed by atoms with Gasteiger partial charge in [-0.05, 0) is 38.5 Å². The summed E-state index contributed by atoms with van der Waals surface area (Å²) in [6.45, 7) is 7.32. The minimum Gasteiger partial charge on any atom is -0.490 e. The molecular weight excluding hydrogens is 392 g/mol. The van der Waals surface area contributed by atoms with Crippen LogP contribution < -0.4 is 14.8 Å². The Morgan fingerprint density at radius 1 is 1.25 bits per heavy atom. The number of nitrogens with one attached hydrogen (secondary N) is 1. The van der Waals surface area contributed by atoms with E-state index in [0.29, 0.717) is 31.3 Å². The van der Waals surface area contributed by atoms with Gasteiger partial charge in [-0.15, -0.1) is 11.3 Å². The zero-order valence-corrected chi connectivity index (χ0v) is 16.4. The van der Waals surface area contributed by atoms with Gasteiger partial charge in [0, 0.05) is 15.5 Å². The molecule has 2 rings (SSSR count). The maximum atomic E-state index is 12.2. The van der Waals surface area contributed by atoms with Crippen molar-refractivity contribution in [3.8, 4) is 11.5 Å². The minimum atomic E-state index is -0.0600. The first-order valence-electron chi connectivity index (χ1n) is 7.79. The molecular formula is C17H21BrN2O3S. The van der Waals surface area contributed by atoms with Crippen LogP contribution in [0.15, 0.2) is 22.0 Å². The smallest absolute Gasteiger partial charge is 0.224 e. The topological polar surface area (TPSA) is 60.5 Å².